The van der Waals surface area contributed by atoms with Crippen LogP contribution in [0, 0.1) is 5.92 Å². The van der Waals surface area contributed by atoms with Crippen LogP contribution >= 0.6 is 0 Å². The molecule has 0 N–H and O–H groups in total. The number of nitrogens with zero attached hydrogens (tertiary/aromatic N) is 3. The molecule has 1 aliphatic heterocycles. The van der Waals surface area contributed by atoms with E-state index >= 15 is 0 Å². The lowest BCUT2D eigenvalue weighted by molar-refractivity contribution is -0.130. The van der Waals surface area contributed by atoms with Crippen LogP contribution in [0.4, 0.5) is 0 Å². The van der Waals surface area contributed by atoms with Gasteiger partial charge < -0.3 is 9.80 Å². The Kier molecular flexibility index (Phi) is 6.22. The van der Waals surface area contributed by atoms with E-state index in [1.165, 1.54) is 5.56 Å². The van der Waals surface area contributed by atoms with Gasteiger partial charge in [0.15, 0.2) is 0 Å². The number of benzene rings is 1. The second-order valence-corrected chi connectivity index (χ2v) is 7.37. The Morgan fingerprint density at radius 2 is 1.81 bits per heavy atom. The number of aromatic nitrogens is 1. The lowest BCUT2D eigenvalue weighted by atomic mass is 9.90. The van der Waals surface area contributed by atoms with Gasteiger partial charge in [-0.1, -0.05) is 18.2 Å². The summed E-state index contributed by atoms with van der Waals surface area (Å²) in [6.45, 7) is 3.90. The van der Waals surface area contributed by atoms with Gasteiger partial charge in [-0.3, -0.25) is 14.6 Å². The predicted molar refractivity (Wildman–Crippen MR) is 105 cm³/mol. The Bertz CT molecular complexity index is 766. The van der Waals surface area contributed by atoms with Gasteiger partial charge in [-0.25, -0.2) is 0 Å². The summed E-state index contributed by atoms with van der Waals surface area (Å²) < 4.78 is 0. The highest BCUT2D eigenvalue weighted by molar-refractivity contribution is 5.94. The topological polar surface area (TPSA) is 53.5 Å². The number of hydrogen-bond acceptors (Lipinski definition) is 3. The lowest BCUT2D eigenvalue weighted by Crippen LogP contribution is -2.37. The van der Waals surface area contributed by atoms with Crippen LogP contribution in [0.15, 0.2) is 48.8 Å². The fourth-order valence-corrected chi connectivity index (χ4v) is 3.63. The molecule has 5 heteroatoms. The molecule has 1 fully saturated rings. The molecule has 0 unspecified atom stereocenters. The minimum Gasteiger partial charge on any atom is -0.343 e. The molecule has 142 valence electrons. The van der Waals surface area contributed by atoms with Crippen molar-refractivity contribution in [2.24, 2.45) is 5.92 Å². The molecule has 5 nitrogen and oxygen atoms in total. The van der Waals surface area contributed by atoms with E-state index in [2.05, 4.69) is 17.1 Å². The average Bonchev–Trinajstić information content (AvgIpc) is 2.69. The van der Waals surface area contributed by atoms with Gasteiger partial charge in [-0.05, 0) is 54.5 Å². The van der Waals surface area contributed by atoms with E-state index < -0.39 is 0 Å². The van der Waals surface area contributed by atoms with E-state index in [0.717, 1.165) is 37.9 Å². The minimum atomic E-state index is 0.0140. The molecule has 1 saturated heterocycles. The maximum absolute atomic E-state index is 12.6. The van der Waals surface area contributed by atoms with Gasteiger partial charge in [0.05, 0.1) is 0 Å². The molecule has 2 aromatic rings. The summed E-state index contributed by atoms with van der Waals surface area (Å²) in [5, 5.41) is 0. The summed E-state index contributed by atoms with van der Waals surface area (Å²) in [5.74, 6) is 0.794. The van der Waals surface area contributed by atoms with Crippen molar-refractivity contribution >= 4 is 11.8 Å². The molecule has 0 saturated carbocycles. The van der Waals surface area contributed by atoms with Crippen LogP contribution in [0.1, 0.15) is 41.3 Å². The maximum Gasteiger partial charge on any atom is 0.253 e. The van der Waals surface area contributed by atoms with Crippen molar-refractivity contribution in [1.29, 1.82) is 0 Å². The Balaban J connectivity index is 1.54. The molecule has 0 atom stereocenters. The van der Waals surface area contributed by atoms with Gasteiger partial charge in [0.1, 0.15) is 0 Å². The summed E-state index contributed by atoms with van der Waals surface area (Å²) in [6, 6.07) is 11.8. The van der Waals surface area contributed by atoms with Gasteiger partial charge in [0, 0.05) is 51.6 Å². The van der Waals surface area contributed by atoms with Crippen molar-refractivity contribution in [1.82, 2.24) is 14.8 Å². The van der Waals surface area contributed by atoms with E-state index in [4.69, 9.17) is 0 Å². The average molecular weight is 365 g/mol. The van der Waals surface area contributed by atoms with Crippen molar-refractivity contribution in [3.05, 3.63) is 65.5 Å². The van der Waals surface area contributed by atoms with Gasteiger partial charge in [-0.15, -0.1) is 0 Å². The van der Waals surface area contributed by atoms with E-state index in [0.29, 0.717) is 18.0 Å². The Labute approximate surface area is 161 Å². The quantitative estimate of drug-likeness (QED) is 0.818. The zero-order chi connectivity index (χ0) is 19.2. The number of pyridine rings is 1. The Hall–Kier alpha value is -2.69. The maximum atomic E-state index is 12.6. The SMILES string of the molecule is CC(=O)N1CCC(Cc2ccc(C(=O)N(C)Cc3cccnc3)cc2)CC1. The Morgan fingerprint density at radius 1 is 1.11 bits per heavy atom. The molecule has 1 aromatic carbocycles. The molecule has 0 spiro atoms. The number of likely N-dealkylation sites (tertiary alicyclic amines) is 1. The van der Waals surface area contributed by atoms with E-state index in [1.54, 1.807) is 24.2 Å². The summed E-state index contributed by atoms with van der Waals surface area (Å²) in [4.78, 5) is 31.8. The van der Waals surface area contributed by atoms with Crippen LogP contribution in [0.25, 0.3) is 0 Å². The fraction of sp³-hybridized carbons (Fsp3) is 0.409. The summed E-state index contributed by atoms with van der Waals surface area (Å²) in [6.07, 6.45) is 6.62. The molecule has 1 aromatic heterocycles. The second kappa shape index (κ2) is 8.80. The van der Waals surface area contributed by atoms with Gasteiger partial charge in [0.25, 0.3) is 5.91 Å². The van der Waals surface area contributed by atoms with Crippen LogP contribution in [0.3, 0.4) is 0 Å². The highest BCUT2D eigenvalue weighted by Gasteiger charge is 2.21. The first-order chi connectivity index (χ1) is 13.0. The lowest BCUT2D eigenvalue weighted by Gasteiger charge is -2.31. The Morgan fingerprint density at radius 3 is 2.41 bits per heavy atom. The first-order valence-corrected chi connectivity index (χ1v) is 9.51. The van der Waals surface area contributed by atoms with Crippen LogP contribution < -0.4 is 0 Å². The minimum absolute atomic E-state index is 0.0140. The first kappa shape index (κ1) is 19.1. The molecule has 1 aliphatic rings. The van der Waals surface area contributed by atoms with Crippen molar-refractivity contribution in [3.63, 3.8) is 0 Å². The predicted octanol–water partition coefficient (Wildman–Crippen LogP) is 3.15. The van der Waals surface area contributed by atoms with Gasteiger partial charge >= 0.3 is 0 Å². The number of carbonyl (C=O) groups is 2. The van der Waals surface area contributed by atoms with Crippen molar-refractivity contribution in [2.75, 3.05) is 20.1 Å². The molecule has 27 heavy (non-hydrogen) atoms. The monoisotopic (exact) mass is 365 g/mol. The number of piperidine rings is 1. The van der Waals surface area contributed by atoms with Crippen molar-refractivity contribution in [2.45, 2.75) is 32.7 Å². The van der Waals surface area contributed by atoms with Crippen LogP contribution in [-0.2, 0) is 17.8 Å². The van der Waals surface area contributed by atoms with Crippen molar-refractivity contribution in [3.8, 4) is 0 Å². The van der Waals surface area contributed by atoms with Gasteiger partial charge in [-0.2, -0.15) is 0 Å². The van der Waals surface area contributed by atoms with Crippen molar-refractivity contribution < 1.29 is 9.59 Å². The van der Waals surface area contributed by atoms with Crippen LogP contribution in [-0.4, -0.2) is 46.7 Å². The molecule has 0 bridgehead atoms. The standard InChI is InChI=1S/C22H27N3O2/c1-17(26)25-12-9-19(10-13-25)14-18-5-7-21(8-6-18)22(27)24(2)16-20-4-3-11-23-15-20/h3-8,11,15,19H,9-10,12-14,16H2,1-2H3. The zero-order valence-electron chi connectivity index (χ0n) is 16.1. The number of rotatable bonds is 5. The molecule has 2 heterocycles. The van der Waals surface area contributed by atoms with Crippen LogP contribution in [0.2, 0.25) is 0 Å². The zero-order valence-corrected chi connectivity index (χ0v) is 16.1. The molecule has 3 rings (SSSR count). The number of carbonyl (C=O) groups excluding carboxylic acids is 2. The summed E-state index contributed by atoms with van der Waals surface area (Å²) in [7, 11) is 1.81. The van der Waals surface area contributed by atoms with Crippen LogP contribution in [0.5, 0.6) is 0 Å². The summed E-state index contributed by atoms with van der Waals surface area (Å²) >= 11 is 0. The molecule has 0 radical (unpaired) electrons. The largest absolute Gasteiger partial charge is 0.343 e. The highest BCUT2D eigenvalue weighted by atomic mass is 16.2. The number of amides is 2. The molecular formula is C22H27N3O2. The summed E-state index contributed by atoms with van der Waals surface area (Å²) in [5.41, 5.74) is 2.97. The third kappa shape index (κ3) is 5.16. The normalized spacial score (nSPS) is 14.8. The van der Waals surface area contributed by atoms with E-state index in [9.17, 15) is 9.59 Å². The van der Waals surface area contributed by atoms with E-state index in [-0.39, 0.29) is 11.8 Å². The third-order valence-corrected chi connectivity index (χ3v) is 5.27. The van der Waals surface area contributed by atoms with Gasteiger partial charge in [0.2, 0.25) is 5.91 Å². The third-order valence-electron chi connectivity index (χ3n) is 5.27. The fourth-order valence-electron chi connectivity index (χ4n) is 3.63. The molecular weight excluding hydrogens is 338 g/mol. The molecule has 2 amide bonds. The highest BCUT2D eigenvalue weighted by Crippen LogP contribution is 2.22. The number of hydrogen-bond donors (Lipinski definition) is 0. The van der Waals surface area contributed by atoms with E-state index in [1.807, 2.05) is 36.2 Å². The smallest absolute Gasteiger partial charge is 0.253 e. The second-order valence-electron chi connectivity index (χ2n) is 7.37. The first-order valence-electron chi connectivity index (χ1n) is 9.51. The molecule has 0 aliphatic carbocycles.